The van der Waals surface area contributed by atoms with Gasteiger partial charge in [-0.2, -0.15) is 5.10 Å². The van der Waals surface area contributed by atoms with Gasteiger partial charge in [-0.1, -0.05) is 36.4 Å². The summed E-state index contributed by atoms with van der Waals surface area (Å²) >= 11 is 0. The van der Waals surface area contributed by atoms with E-state index in [1.54, 1.807) is 79.7 Å². The number of nitrogens with one attached hydrogen (secondary N) is 1. The first-order valence-corrected chi connectivity index (χ1v) is 13.7. The molecule has 0 atom stereocenters. The van der Waals surface area contributed by atoms with Crippen molar-refractivity contribution in [1.29, 1.82) is 0 Å². The first-order chi connectivity index (χ1) is 19.3. The molecular weight excluding hydrogens is 534 g/mol. The third-order valence-corrected chi connectivity index (χ3v) is 7.44. The predicted octanol–water partition coefficient (Wildman–Crippen LogP) is 4.48. The fourth-order valence-electron chi connectivity index (χ4n) is 3.70. The van der Waals surface area contributed by atoms with Gasteiger partial charge >= 0.3 is 5.97 Å². The Morgan fingerprint density at radius 1 is 0.975 bits per heavy atom. The highest BCUT2D eigenvalue weighted by Gasteiger charge is 2.27. The summed E-state index contributed by atoms with van der Waals surface area (Å²) in [5, 5.41) is 3.92. The summed E-state index contributed by atoms with van der Waals surface area (Å²) in [6.07, 6.45) is 1.30. The molecule has 1 N–H and O–H groups in total. The highest BCUT2D eigenvalue weighted by Crippen LogP contribution is 2.27. The van der Waals surface area contributed by atoms with Crippen molar-refractivity contribution in [2.75, 3.05) is 24.6 Å². The fraction of sp³-hybridized carbons (Fsp3) is 0.138. The maximum Gasteiger partial charge on any atom is 0.338 e. The second kappa shape index (κ2) is 12.8. The molecule has 11 heteroatoms. The van der Waals surface area contributed by atoms with Crippen LogP contribution >= 0.6 is 0 Å². The Balaban J connectivity index is 1.46. The van der Waals surface area contributed by atoms with Gasteiger partial charge in [-0.15, -0.1) is 0 Å². The Morgan fingerprint density at radius 3 is 2.42 bits per heavy atom. The summed E-state index contributed by atoms with van der Waals surface area (Å²) in [4.78, 5) is 24.6. The maximum atomic E-state index is 13.4. The van der Waals surface area contributed by atoms with Crippen LogP contribution in [0.3, 0.4) is 0 Å². The molecule has 0 unspecified atom stereocenters. The normalized spacial score (nSPS) is 11.2. The summed E-state index contributed by atoms with van der Waals surface area (Å²) in [7, 11) is -2.61. The molecular formula is C29H27N3O7S. The minimum Gasteiger partial charge on any atom is -0.497 e. The van der Waals surface area contributed by atoms with Crippen LogP contribution in [0.2, 0.25) is 0 Å². The van der Waals surface area contributed by atoms with E-state index in [-0.39, 0.29) is 10.6 Å². The predicted molar refractivity (Wildman–Crippen MR) is 150 cm³/mol. The van der Waals surface area contributed by atoms with Crippen LogP contribution in [0.25, 0.3) is 11.3 Å². The van der Waals surface area contributed by atoms with E-state index in [0.29, 0.717) is 29.4 Å². The van der Waals surface area contributed by atoms with Crippen LogP contribution in [-0.4, -0.2) is 46.8 Å². The molecule has 4 aromatic rings. The molecule has 10 nitrogen and oxygen atoms in total. The van der Waals surface area contributed by atoms with Gasteiger partial charge in [0, 0.05) is 11.6 Å². The van der Waals surface area contributed by atoms with Gasteiger partial charge in [-0.3, -0.25) is 9.10 Å². The van der Waals surface area contributed by atoms with Gasteiger partial charge in [0.2, 0.25) is 0 Å². The van der Waals surface area contributed by atoms with E-state index < -0.39 is 28.4 Å². The van der Waals surface area contributed by atoms with E-state index in [1.165, 1.54) is 31.5 Å². The molecule has 40 heavy (non-hydrogen) atoms. The zero-order chi connectivity index (χ0) is 28.5. The molecule has 0 saturated heterocycles. The van der Waals surface area contributed by atoms with Crippen molar-refractivity contribution in [3.05, 3.63) is 102 Å². The van der Waals surface area contributed by atoms with Crippen molar-refractivity contribution >= 4 is 33.8 Å². The average molecular weight is 562 g/mol. The van der Waals surface area contributed by atoms with Gasteiger partial charge in [0.05, 0.1) is 36.1 Å². The van der Waals surface area contributed by atoms with Gasteiger partial charge in [0.25, 0.3) is 15.9 Å². The van der Waals surface area contributed by atoms with Crippen LogP contribution in [0.1, 0.15) is 23.0 Å². The SMILES string of the molecule is CCOC(=O)c1ccc(-c2ccc(/C=N\NC(=O)CN(c3cccc(OC)c3)S(=O)(=O)c3ccccc3)o2)cc1. The summed E-state index contributed by atoms with van der Waals surface area (Å²) in [6.45, 7) is 1.50. The van der Waals surface area contributed by atoms with E-state index in [1.807, 2.05) is 0 Å². The number of esters is 1. The number of nitrogens with zero attached hydrogens (tertiary/aromatic N) is 2. The first kappa shape index (κ1) is 28.1. The molecule has 0 saturated carbocycles. The van der Waals surface area contributed by atoms with Gasteiger partial charge < -0.3 is 13.9 Å². The van der Waals surface area contributed by atoms with Crippen LogP contribution in [0, 0.1) is 0 Å². The van der Waals surface area contributed by atoms with E-state index in [9.17, 15) is 18.0 Å². The largest absolute Gasteiger partial charge is 0.497 e. The standard InChI is InChI=1S/C29H27N3O7S/c1-3-38-29(34)22-14-12-21(13-15-22)27-17-16-25(39-27)19-30-31-28(33)20-32(23-8-7-9-24(18-23)37-2)40(35,36)26-10-5-4-6-11-26/h4-19H,3,20H2,1-2H3,(H,31,33)/b30-19-. The maximum absolute atomic E-state index is 13.4. The number of carbonyl (C=O) groups excluding carboxylic acids is 2. The van der Waals surface area contributed by atoms with E-state index >= 15 is 0 Å². The minimum absolute atomic E-state index is 0.0347. The molecule has 0 aliphatic rings. The van der Waals surface area contributed by atoms with E-state index in [4.69, 9.17) is 13.9 Å². The zero-order valence-electron chi connectivity index (χ0n) is 21.8. The number of rotatable bonds is 11. The molecule has 3 aromatic carbocycles. The number of hydrazone groups is 1. The quantitative estimate of drug-likeness (QED) is 0.163. The van der Waals surface area contributed by atoms with E-state index in [2.05, 4.69) is 10.5 Å². The van der Waals surface area contributed by atoms with Crippen LogP contribution < -0.4 is 14.5 Å². The molecule has 0 spiro atoms. The molecule has 4 rings (SSSR count). The van der Waals surface area contributed by atoms with Gasteiger partial charge in [0.1, 0.15) is 23.8 Å². The monoisotopic (exact) mass is 561 g/mol. The number of anilines is 1. The number of amides is 1. The molecule has 0 bridgehead atoms. The number of benzene rings is 3. The Hall–Kier alpha value is -4.90. The Morgan fingerprint density at radius 2 is 1.73 bits per heavy atom. The van der Waals surface area contributed by atoms with Crippen molar-refractivity contribution in [3.8, 4) is 17.1 Å². The Bertz CT molecular complexity index is 1600. The van der Waals surface area contributed by atoms with Crippen LogP contribution in [0.5, 0.6) is 5.75 Å². The lowest BCUT2D eigenvalue weighted by Crippen LogP contribution is -2.39. The molecule has 0 radical (unpaired) electrons. The molecule has 0 fully saturated rings. The number of ether oxygens (including phenoxy) is 2. The van der Waals surface area contributed by atoms with Crippen molar-refractivity contribution in [2.45, 2.75) is 11.8 Å². The molecule has 0 aliphatic heterocycles. The lowest BCUT2D eigenvalue weighted by atomic mass is 10.1. The third kappa shape index (κ3) is 6.75. The molecule has 0 aliphatic carbocycles. The summed E-state index contributed by atoms with van der Waals surface area (Å²) in [5.41, 5.74) is 3.77. The number of furan rings is 1. The topological polar surface area (TPSA) is 128 Å². The van der Waals surface area contributed by atoms with Gasteiger partial charge in [0.15, 0.2) is 0 Å². The second-order valence-electron chi connectivity index (χ2n) is 8.32. The lowest BCUT2D eigenvalue weighted by Gasteiger charge is -2.24. The molecule has 1 amide bonds. The highest BCUT2D eigenvalue weighted by atomic mass is 32.2. The van der Waals surface area contributed by atoms with Crippen LogP contribution in [-0.2, 0) is 19.6 Å². The molecule has 206 valence electrons. The van der Waals surface area contributed by atoms with Gasteiger partial charge in [-0.25, -0.2) is 18.6 Å². The summed E-state index contributed by atoms with van der Waals surface area (Å²) in [6, 6.07) is 24.4. The number of carbonyl (C=O) groups is 2. The van der Waals surface area contributed by atoms with Crippen molar-refractivity contribution in [3.63, 3.8) is 0 Å². The molecule has 1 heterocycles. The number of hydrogen-bond donors (Lipinski definition) is 1. The summed E-state index contributed by atoms with van der Waals surface area (Å²) in [5.74, 6) is 0.250. The molecule has 1 aromatic heterocycles. The van der Waals surface area contributed by atoms with Crippen LogP contribution in [0.4, 0.5) is 5.69 Å². The lowest BCUT2D eigenvalue weighted by molar-refractivity contribution is -0.119. The van der Waals surface area contributed by atoms with Gasteiger partial charge in [-0.05, 0) is 55.5 Å². The Kier molecular flexibility index (Phi) is 8.97. The van der Waals surface area contributed by atoms with Crippen molar-refractivity contribution in [2.24, 2.45) is 5.10 Å². The highest BCUT2D eigenvalue weighted by molar-refractivity contribution is 7.92. The Labute approximate surface area is 231 Å². The minimum atomic E-state index is -4.07. The third-order valence-electron chi connectivity index (χ3n) is 5.65. The number of hydrogen-bond acceptors (Lipinski definition) is 8. The van der Waals surface area contributed by atoms with Crippen molar-refractivity contribution in [1.82, 2.24) is 5.43 Å². The average Bonchev–Trinajstić information content (AvgIpc) is 3.45. The second-order valence-corrected chi connectivity index (χ2v) is 10.2. The first-order valence-electron chi connectivity index (χ1n) is 12.2. The van der Waals surface area contributed by atoms with E-state index in [0.717, 1.165) is 9.87 Å². The number of sulfonamides is 1. The summed E-state index contributed by atoms with van der Waals surface area (Å²) < 4.78 is 43.8. The fourth-order valence-corrected chi connectivity index (χ4v) is 5.13. The number of methoxy groups -OCH3 is 1. The smallest absolute Gasteiger partial charge is 0.338 e. The van der Waals surface area contributed by atoms with Crippen molar-refractivity contribution < 1.29 is 31.9 Å². The van der Waals surface area contributed by atoms with Crippen LogP contribution in [0.15, 0.2) is 105 Å². The zero-order valence-corrected chi connectivity index (χ0v) is 22.6.